The summed E-state index contributed by atoms with van der Waals surface area (Å²) >= 11 is 3.26. The number of rotatable bonds is 2. The van der Waals surface area contributed by atoms with Crippen molar-refractivity contribution >= 4 is 27.1 Å². The van der Waals surface area contributed by atoms with Gasteiger partial charge in [-0.05, 0) is 15.9 Å². The van der Waals surface area contributed by atoms with Gasteiger partial charge in [0.25, 0.3) is 0 Å². The first-order valence-electron chi connectivity index (χ1n) is 3.70. The van der Waals surface area contributed by atoms with Crippen molar-refractivity contribution in [3.63, 3.8) is 0 Å². The number of hydrogen-bond acceptors (Lipinski definition) is 3. The average molecular weight is 244 g/mol. The highest BCUT2D eigenvalue weighted by molar-refractivity contribution is 9.10. The zero-order valence-electron chi connectivity index (χ0n) is 6.61. The SMILES string of the molecule is [18F]CCn1cnc2ncnc(Br)c21. The quantitative estimate of drug-likeness (QED) is 0.753. The molecule has 0 aliphatic heterocycles. The van der Waals surface area contributed by atoms with Crippen LogP contribution < -0.4 is 0 Å². The molecule has 0 unspecified atom stereocenters. The molecule has 2 aromatic rings. The number of hydrogen-bond donors (Lipinski definition) is 0. The molecule has 68 valence electrons. The smallest absolute Gasteiger partial charge is 0.181 e. The van der Waals surface area contributed by atoms with Gasteiger partial charge in [-0.2, -0.15) is 0 Å². The molecule has 0 radical (unpaired) electrons. The average Bonchev–Trinajstić information content (AvgIpc) is 2.51. The molecule has 0 atom stereocenters. The van der Waals surface area contributed by atoms with Crippen LogP contribution in [0.3, 0.4) is 0 Å². The zero-order valence-corrected chi connectivity index (χ0v) is 8.20. The van der Waals surface area contributed by atoms with Crippen LogP contribution in [0.15, 0.2) is 17.3 Å². The number of aryl methyl sites for hydroxylation is 1. The highest BCUT2D eigenvalue weighted by Crippen LogP contribution is 2.18. The first kappa shape index (κ1) is 8.55. The molecule has 2 aromatic heterocycles. The molecule has 6 heteroatoms. The van der Waals surface area contributed by atoms with Crippen LogP contribution in [0.5, 0.6) is 0 Å². The van der Waals surface area contributed by atoms with Crippen LogP contribution in [0.4, 0.5) is 4.39 Å². The summed E-state index contributed by atoms with van der Waals surface area (Å²) < 4.78 is 14.4. The van der Waals surface area contributed by atoms with Gasteiger partial charge in [-0.3, -0.25) is 0 Å². The first-order chi connectivity index (χ1) is 6.33. The van der Waals surface area contributed by atoms with Gasteiger partial charge in [0.05, 0.1) is 12.9 Å². The van der Waals surface area contributed by atoms with Gasteiger partial charge in [-0.25, -0.2) is 19.3 Å². The fourth-order valence-corrected chi connectivity index (χ4v) is 1.63. The van der Waals surface area contributed by atoms with E-state index in [0.29, 0.717) is 10.3 Å². The van der Waals surface area contributed by atoms with E-state index in [1.807, 2.05) is 0 Å². The van der Waals surface area contributed by atoms with Crippen LogP contribution in [0.25, 0.3) is 11.2 Å². The van der Waals surface area contributed by atoms with E-state index >= 15 is 0 Å². The highest BCUT2D eigenvalue weighted by Gasteiger charge is 2.07. The summed E-state index contributed by atoms with van der Waals surface area (Å²) in [4.78, 5) is 11.9. The van der Waals surface area contributed by atoms with E-state index in [1.54, 1.807) is 10.9 Å². The predicted molar refractivity (Wildman–Crippen MR) is 49.0 cm³/mol. The van der Waals surface area contributed by atoms with Crippen molar-refractivity contribution in [2.45, 2.75) is 6.54 Å². The molecular formula is C7H6BrFN4. The van der Waals surface area contributed by atoms with E-state index in [4.69, 9.17) is 0 Å². The second-order valence-corrected chi connectivity index (χ2v) is 3.21. The van der Waals surface area contributed by atoms with Gasteiger partial charge >= 0.3 is 0 Å². The number of alkyl halides is 1. The Morgan fingerprint density at radius 3 is 3.00 bits per heavy atom. The highest BCUT2D eigenvalue weighted by atomic mass is 79.9. The minimum atomic E-state index is -0.424. The van der Waals surface area contributed by atoms with Gasteiger partial charge in [0, 0.05) is 0 Å². The molecule has 0 N–H and O–H groups in total. The fourth-order valence-electron chi connectivity index (χ4n) is 1.13. The Bertz CT molecular complexity index is 427. The Balaban J connectivity index is 2.64. The first-order valence-corrected chi connectivity index (χ1v) is 4.49. The molecule has 0 aromatic carbocycles. The lowest BCUT2D eigenvalue weighted by Gasteiger charge is -1.99. The predicted octanol–water partition coefficient (Wildman–Crippen LogP) is 1.56. The molecule has 0 saturated heterocycles. The van der Waals surface area contributed by atoms with E-state index < -0.39 is 6.67 Å². The van der Waals surface area contributed by atoms with Crippen molar-refractivity contribution in [2.24, 2.45) is 0 Å². The van der Waals surface area contributed by atoms with Crippen molar-refractivity contribution in [3.8, 4) is 0 Å². The van der Waals surface area contributed by atoms with Crippen LogP contribution in [0, 0.1) is 0 Å². The van der Waals surface area contributed by atoms with E-state index in [0.717, 1.165) is 5.52 Å². The van der Waals surface area contributed by atoms with Gasteiger partial charge in [-0.1, -0.05) is 0 Å². The molecule has 0 fully saturated rings. The van der Waals surface area contributed by atoms with Crippen LogP contribution in [-0.4, -0.2) is 26.2 Å². The minimum absolute atomic E-state index is 0.280. The van der Waals surface area contributed by atoms with Gasteiger partial charge in [-0.15, -0.1) is 0 Å². The number of nitrogens with zero attached hydrogens (tertiary/aromatic N) is 4. The van der Waals surface area contributed by atoms with E-state index in [1.165, 1.54) is 6.33 Å². The van der Waals surface area contributed by atoms with E-state index in [9.17, 15) is 4.39 Å². The molecule has 0 amide bonds. The molecule has 4 nitrogen and oxygen atoms in total. The molecule has 0 aliphatic carbocycles. The van der Waals surface area contributed by atoms with Gasteiger partial charge in [0.2, 0.25) is 0 Å². The second kappa shape index (κ2) is 3.37. The zero-order chi connectivity index (χ0) is 9.26. The van der Waals surface area contributed by atoms with Crippen molar-refractivity contribution in [1.82, 2.24) is 19.5 Å². The molecule has 0 aliphatic rings. The lowest BCUT2D eigenvalue weighted by molar-refractivity contribution is 0.449. The third-order valence-corrected chi connectivity index (χ3v) is 2.27. The molecule has 2 rings (SSSR count). The summed E-state index contributed by atoms with van der Waals surface area (Å²) in [6.45, 7) is -0.144. The Labute approximate surface area is 82.0 Å². The number of halogens is 2. The number of aromatic nitrogens is 4. The molecule has 2 heterocycles. The van der Waals surface area contributed by atoms with E-state index in [2.05, 4.69) is 30.9 Å². The number of imidazole rings is 1. The van der Waals surface area contributed by atoms with Crippen LogP contribution in [-0.2, 0) is 6.54 Å². The summed E-state index contributed by atoms with van der Waals surface area (Å²) in [5.74, 6) is 0. The second-order valence-electron chi connectivity index (χ2n) is 2.46. The largest absolute Gasteiger partial charge is 0.324 e. The van der Waals surface area contributed by atoms with Gasteiger partial charge < -0.3 is 4.57 Å². The third kappa shape index (κ3) is 1.41. The standard InChI is InChI=1S/C7H6BrFN4/c8-6-5-7(11-3-10-6)12-4-13(5)2-1-9/h3-4H,1-2H2/i9-1. The van der Waals surface area contributed by atoms with Gasteiger partial charge in [0.15, 0.2) is 5.65 Å². The fraction of sp³-hybridized carbons (Fsp3) is 0.286. The lowest BCUT2D eigenvalue weighted by atomic mass is 10.5. The summed E-state index contributed by atoms with van der Waals surface area (Å²) in [7, 11) is 0. The molecule has 0 spiro atoms. The maximum Gasteiger partial charge on any atom is 0.181 e. The summed E-state index contributed by atoms with van der Waals surface area (Å²) in [6, 6.07) is 0. The number of fused-ring (bicyclic) bond motifs is 1. The van der Waals surface area contributed by atoms with Crippen LogP contribution in [0.1, 0.15) is 0 Å². The molecule has 13 heavy (non-hydrogen) atoms. The maximum absolute atomic E-state index is 12.1. The molecule has 0 bridgehead atoms. The van der Waals surface area contributed by atoms with Crippen molar-refractivity contribution < 1.29 is 4.39 Å². The minimum Gasteiger partial charge on any atom is -0.324 e. The Morgan fingerprint density at radius 2 is 2.23 bits per heavy atom. The Kier molecular flexibility index (Phi) is 2.22. The van der Waals surface area contributed by atoms with Gasteiger partial charge in [0.1, 0.15) is 23.1 Å². The monoisotopic (exact) mass is 243 g/mol. The topological polar surface area (TPSA) is 43.6 Å². The molecular weight excluding hydrogens is 238 g/mol. The van der Waals surface area contributed by atoms with Crippen molar-refractivity contribution in [2.75, 3.05) is 6.67 Å². The molecule has 0 saturated carbocycles. The third-order valence-electron chi connectivity index (χ3n) is 1.69. The van der Waals surface area contributed by atoms with Crippen molar-refractivity contribution in [1.29, 1.82) is 0 Å². The Hall–Kier alpha value is -1.04. The summed E-state index contributed by atoms with van der Waals surface area (Å²) in [5, 5.41) is 0. The van der Waals surface area contributed by atoms with E-state index in [-0.39, 0.29) is 6.54 Å². The van der Waals surface area contributed by atoms with Crippen LogP contribution >= 0.6 is 15.9 Å². The summed E-state index contributed by atoms with van der Waals surface area (Å²) in [6.07, 6.45) is 2.98. The lowest BCUT2D eigenvalue weighted by Crippen LogP contribution is -1.98. The normalized spacial score (nSPS) is 10.9. The Morgan fingerprint density at radius 1 is 1.38 bits per heavy atom. The summed E-state index contributed by atoms with van der Waals surface area (Å²) in [5.41, 5.74) is 1.32. The maximum atomic E-state index is 12.1. The van der Waals surface area contributed by atoms with Crippen LogP contribution in [0.2, 0.25) is 0 Å². The van der Waals surface area contributed by atoms with Crippen molar-refractivity contribution in [3.05, 3.63) is 17.3 Å².